The summed E-state index contributed by atoms with van der Waals surface area (Å²) >= 11 is 0. The van der Waals surface area contributed by atoms with E-state index in [4.69, 9.17) is 0 Å². The van der Waals surface area contributed by atoms with Crippen LogP contribution in [-0.4, -0.2) is 4.98 Å². The Kier molecular flexibility index (Phi) is 3.46. The van der Waals surface area contributed by atoms with Crippen molar-refractivity contribution in [2.75, 3.05) is 0 Å². The third-order valence-corrected chi connectivity index (χ3v) is 1.97. The number of fused-ring (bicyclic) bond motifs is 1. The number of rotatable bonds is 0. The SMILES string of the molecule is CC.Cc1c[nH]c2ccccc2c1=O.[HH]. The van der Waals surface area contributed by atoms with E-state index < -0.39 is 0 Å². The summed E-state index contributed by atoms with van der Waals surface area (Å²) in [6.45, 7) is 5.81. The molecule has 14 heavy (non-hydrogen) atoms. The van der Waals surface area contributed by atoms with Crippen molar-refractivity contribution in [2.45, 2.75) is 20.8 Å². The first-order chi connectivity index (χ1) is 6.79. The molecule has 2 aromatic rings. The fraction of sp³-hybridized carbons (Fsp3) is 0.250. The molecule has 0 saturated heterocycles. The number of aromatic amines is 1. The van der Waals surface area contributed by atoms with Gasteiger partial charge in [-0.3, -0.25) is 4.79 Å². The molecule has 1 heterocycles. The molecule has 1 N–H and O–H groups in total. The second kappa shape index (κ2) is 4.61. The summed E-state index contributed by atoms with van der Waals surface area (Å²) in [6.07, 6.45) is 1.74. The van der Waals surface area contributed by atoms with Gasteiger partial charge in [0.05, 0.1) is 0 Å². The van der Waals surface area contributed by atoms with Gasteiger partial charge in [0.25, 0.3) is 0 Å². The van der Waals surface area contributed by atoms with E-state index in [0.29, 0.717) is 0 Å². The predicted octanol–water partition coefficient (Wildman–Crippen LogP) is 3.11. The van der Waals surface area contributed by atoms with Crippen molar-refractivity contribution >= 4 is 10.9 Å². The van der Waals surface area contributed by atoms with Gasteiger partial charge in [0.1, 0.15) is 0 Å². The van der Waals surface area contributed by atoms with Gasteiger partial charge in [-0.1, -0.05) is 26.0 Å². The van der Waals surface area contributed by atoms with Gasteiger partial charge in [-0.15, -0.1) is 0 Å². The zero-order valence-corrected chi connectivity index (χ0v) is 8.79. The van der Waals surface area contributed by atoms with Crippen molar-refractivity contribution in [1.29, 1.82) is 0 Å². The lowest BCUT2D eigenvalue weighted by atomic mass is 10.2. The third kappa shape index (κ3) is 1.84. The highest BCUT2D eigenvalue weighted by molar-refractivity contribution is 5.78. The van der Waals surface area contributed by atoms with Crippen LogP contribution in [0.2, 0.25) is 0 Å². The lowest BCUT2D eigenvalue weighted by Crippen LogP contribution is -2.05. The van der Waals surface area contributed by atoms with Crippen LogP contribution in [0.25, 0.3) is 10.9 Å². The van der Waals surface area contributed by atoms with Crippen LogP contribution < -0.4 is 5.43 Å². The topological polar surface area (TPSA) is 32.9 Å². The van der Waals surface area contributed by atoms with Gasteiger partial charge < -0.3 is 4.98 Å². The molecular weight excluding hydrogens is 174 g/mol. The summed E-state index contributed by atoms with van der Waals surface area (Å²) in [4.78, 5) is 14.6. The maximum Gasteiger partial charge on any atom is 0.192 e. The molecule has 0 atom stereocenters. The molecule has 0 spiro atoms. The van der Waals surface area contributed by atoms with Crippen LogP contribution in [0.4, 0.5) is 0 Å². The van der Waals surface area contributed by atoms with Crippen molar-refractivity contribution in [2.24, 2.45) is 0 Å². The lowest BCUT2D eigenvalue weighted by Gasteiger charge is -1.96. The number of hydrogen-bond donors (Lipinski definition) is 1. The minimum atomic E-state index is 0. The van der Waals surface area contributed by atoms with E-state index in [1.807, 2.05) is 45.0 Å². The first-order valence-corrected chi connectivity index (χ1v) is 4.86. The van der Waals surface area contributed by atoms with E-state index in [9.17, 15) is 4.79 Å². The van der Waals surface area contributed by atoms with Gasteiger partial charge >= 0.3 is 0 Å². The second-order valence-electron chi connectivity index (χ2n) is 2.85. The van der Waals surface area contributed by atoms with Crippen molar-refractivity contribution in [1.82, 2.24) is 4.98 Å². The van der Waals surface area contributed by atoms with Crippen molar-refractivity contribution in [3.63, 3.8) is 0 Å². The summed E-state index contributed by atoms with van der Waals surface area (Å²) < 4.78 is 0. The molecule has 2 nitrogen and oxygen atoms in total. The fourth-order valence-electron chi connectivity index (χ4n) is 1.27. The Bertz CT molecular complexity index is 476. The maximum atomic E-state index is 11.5. The number of para-hydroxylation sites is 1. The van der Waals surface area contributed by atoms with Crippen LogP contribution in [-0.2, 0) is 0 Å². The molecular formula is C12H17NO. The van der Waals surface area contributed by atoms with E-state index in [1.165, 1.54) is 0 Å². The molecule has 0 aliphatic heterocycles. The van der Waals surface area contributed by atoms with Gasteiger partial charge in [-0.25, -0.2) is 0 Å². The van der Waals surface area contributed by atoms with Gasteiger partial charge in [-0.05, 0) is 19.1 Å². The van der Waals surface area contributed by atoms with Gasteiger partial charge in [0.2, 0.25) is 0 Å². The smallest absolute Gasteiger partial charge is 0.192 e. The van der Waals surface area contributed by atoms with Crippen molar-refractivity contribution in [3.05, 3.63) is 46.2 Å². The first-order valence-electron chi connectivity index (χ1n) is 4.86. The number of aryl methyl sites for hydroxylation is 1. The minimum Gasteiger partial charge on any atom is -0.361 e. The van der Waals surface area contributed by atoms with Crippen LogP contribution in [0.3, 0.4) is 0 Å². The molecule has 0 aliphatic carbocycles. The Labute approximate surface area is 85.1 Å². The normalized spacial score (nSPS) is 9.36. The van der Waals surface area contributed by atoms with Crippen molar-refractivity contribution in [3.8, 4) is 0 Å². The molecule has 0 amide bonds. The lowest BCUT2D eigenvalue weighted by molar-refractivity contribution is 1.30. The minimum absolute atomic E-state index is 0. The summed E-state index contributed by atoms with van der Waals surface area (Å²) in [6, 6.07) is 7.52. The summed E-state index contributed by atoms with van der Waals surface area (Å²) in [5.74, 6) is 0. The molecule has 0 fully saturated rings. The number of nitrogens with one attached hydrogen (secondary N) is 1. The van der Waals surface area contributed by atoms with Crippen LogP contribution >= 0.6 is 0 Å². The number of benzene rings is 1. The Morgan fingerprint density at radius 2 is 1.86 bits per heavy atom. The zero-order valence-electron chi connectivity index (χ0n) is 8.79. The largest absolute Gasteiger partial charge is 0.361 e. The highest BCUT2D eigenvalue weighted by atomic mass is 16.1. The molecule has 1 aromatic heterocycles. The number of H-pyrrole nitrogens is 1. The summed E-state index contributed by atoms with van der Waals surface area (Å²) in [7, 11) is 0. The summed E-state index contributed by atoms with van der Waals surface area (Å²) in [5, 5.41) is 0.762. The van der Waals surface area contributed by atoms with E-state index in [-0.39, 0.29) is 6.86 Å². The van der Waals surface area contributed by atoms with Gasteiger partial charge in [0, 0.05) is 24.1 Å². The average Bonchev–Trinajstić information content (AvgIpc) is 2.27. The molecule has 76 valence electrons. The zero-order chi connectivity index (χ0) is 10.6. The second-order valence-corrected chi connectivity index (χ2v) is 2.85. The third-order valence-electron chi connectivity index (χ3n) is 1.97. The molecule has 0 bridgehead atoms. The molecule has 0 saturated carbocycles. The highest BCUT2D eigenvalue weighted by Gasteiger charge is 1.98. The monoisotopic (exact) mass is 191 g/mol. The number of hydrogen-bond acceptors (Lipinski definition) is 1. The fourth-order valence-corrected chi connectivity index (χ4v) is 1.27. The number of aromatic nitrogens is 1. The Balaban J connectivity index is 0.000000617. The standard InChI is InChI=1S/C10H9NO.C2H6.H2/c1-7-6-11-9-5-3-2-4-8(9)10(7)12;1-2;/h2-6H,1H3,(H,11,12);1-2H3;1H. The van der Waals surface area contributed by atoms with E-state index >= 15 is 0 Å². The van der Waals surface area contributed by atoms with Crippen molar-refractivity contribution < 1.29 is 1.43 Å². The molecule has 0 aliphatic rings. The first kappa shape index (κ1) is 10.5. The summed E-state index contributed by atoms with van der Waals surface area (Å²) in [5.41, 5.74) is 1.77. The van der Waals surface area contributed by atoms with Crippen LogP contribution in [0.5, 0.6) is 0 Å². The highest BCUT2D eigenvalue weighted by Crippen LogP contribution is 2.05. The van der Waals surface area contributed by atoms with E-state index in [1.54, 1.807) is 6.20 Å². The maximum absolute atomic E-state index is 11.5. The quantitative estimate of drug-likeness (QED) is 0.682. The molecule has 2 heteroatoms. The van der Waals surface area contributed by atoms with E-state index in [0.717, 1.165) is 16.5 Å². The Morgan fingerprint density at radius 1 is 1.21 bits per heavy atom. The molecule has 1 aromatic carbocycles. The van der Waals surface area contributed by atoms with Crippen LogP contribution in [0, 0.1) is 6.92 Å². The molecule has 2 rings (SSSR count). The predicted molar refractivity (Wildman–Crippen MR) is 62.8 cm³/mol. The van der Waals surface area contributed by atoms with Crippen LogP contribution in [0.1, 0.15) is 20.8 Å². The van der Waals surface area contributed by atoms with Gasteiger partial charge in [0.15, 0.2) is 5.43 Å². The van der Waals surface area contributed by atoms with Crippen LogP contribution in [0.15, 0.2) is 35.3 Å². The molecule has 0 radical (unpaired) electrons. The molecule has 0 unspecified atom stereocenters. The Hall–Kier alpha value is -1.57. The Morgan fingerprint density at radius 3 is 2.57 bits per heavy atom. The van der Waals surface area contributed by atoms with Gasteiger partial charge in [-0.2, -0.15) is 0 Å². The average molecular weight is 191 g/mol. The number of pyridine rings is 1. The van der Waals surface area contributed by atoms with E-state index in [2.05, 4.69) is 4.98 Å².